The topological polar surface area (TPSA) is 94.4 Å². The zero-order valence-corrected chi connectivity index (χ0v) is 25.2. The number of hydrogen-bond acceptors (Lipinski definition) is 6. The Morgan fingerprint density at radius 3 is 2.09 bits per heavy atom. The molecule has 2 heterocycles. The van der Waals surface area contributed by atoms with Gasteiger partial charge < -0.3 is 9.64 Å². The smallest absolute Gasteiger partial charge is 0.433 e. The van der Waals surface area contributed by atoms with Gasteiger partial charge in [0.25, 0.3) is 5.91 Å². The Kier molecular flexibility index (Phi) is 10.2. The molecule has 1 aliphatic rings. The second-order valence-electron chi connectivity index (χ2n) is 11.3. The molecule has 0 saturated heterocycles. The quantitative estimate of drug-likeness (QED) is 0.161. The summed E-state index contributed by atoms with van der Waals surface area (Å²) in [6.07, 6.45) is -6.73. The highest BCUT2D eigenvalue weighted by atomic mass is 35.5. The molecule has 0 radical (unpaired) electrons. The number of alkyl halides is 6. The van der Waals surface area contributed by atoms with Crippen LogP contribution in [0.4, 0.5) is 26.3 Å². The van der Waals surface area contributed by atoms with E-state index in [-0.39, 0.29) is 47.9 Å². The number of ether oxygens (including phenoxy) is 1. The minimum Gasteiger partial charge on any atom is -0.466 e. The Labute approximate surface area is 253 Å². The van der Waals surface area contributed by atoms with E-state index in [1.165, 1.54) is 0 Å². The van der Waals surface area contributed by atoms with Gasteiger partial charge in [-0.25, -0.2) is 0 Å². The number of nitrogens with zero attached hydrogens (tertiary/aromatic N) is 4. The van der Waals surface area contributed by atoms with Crippen molar-refractivity contribution in [2.24, 2.45) is 10.8 Å². The van der Waals surface area contributed by atoms with Crippen molar-refractivity contribution in [3.63, 3.8) is 0 Å². The van der Waals surface area contributed by atoms with E-state index in [0.29, 0.717) is 15.8 Å². The first kappa shape index (κ1) is 34.6. The van der Waals surface area contributed by atoms with Gasteiger partial charge in [-0.05, 0) is 53.4 Å². The minimum atomic E-state index is -5.14. The zero-order valence-electron chi connectivity index (χ0n) is 23.7. The molecule has 1 saturated carbocycles. The summed E-state index contributed by atoms with van der Waals surface area (Å²) < 4.78 is 90.6. The van der Waals surface area contributed by atoms with Crippen LogP contribution in [0.3, 0.4) is 0 Å². The third-order valence-electron chi connectivity index (χ3n) is 7.57. The summed E-state index contributed by atoms with van der Waals surface area (Å²) in [5.41, 5.74) is -6.37. The first-order chi connectivity index (χ1) is 19.7. The molecule has 0 N–H and O–H groups in total. The second kappa shape index (κ2) is 12.6. The second-order valence-corrected chi connectivity index (χ2v) is 12.1. The number of rotatable bonds is 9. The van der Waals surface area contributed by atoms with Gasteiger partial charge in [0.2, 0.25) is 0 Å². The number of pyridine rings is 1. The molecule has 0 bridgehead atoms. The molecule has 1 aliphatic carbocycles. The van der Waals surface area contributed by atoms with Crippen molar-refractivity contribution in [2.75, 3.05) is 19.7 Å². The van der Waals surface area contributed by atoms with Crippen molar-refractivity contribution in [3.8, 4) is 0 Å². The van der Waals surface area contributed by atoms with Crippen LogP contribution < -0.4 is 0 Å². The maximum Gasteiger partial charge on any atom is 0.433 e. The SMILES string of the molecule is CCOC(=O)[C@]1(C)CC[C@@H](n2ncc(C(=O)N(CC(=O)c3c(Cl)cncc3Cl)CC(C)(C)C(F)(F)F)c2C(F)(F)F)CC1. The lowest BCUT2D eigenvalue weighted by Crippen LogP contribution is -2.48. The number of aromatic nitrogens is 3. The molecule has 2 aromatic heterocycles. The number of esters is 1. The average molecular weight is 659 g/mol. The Balaban J connectivity index is 2.02. The Morgan fingerprint density at radius 2 is 1.60 bits per heavy atom. The van der Waals surface area contributed by atoms with E-state index in [1.807, 2.05) is 0 Å². The van der Waals surface area contributed by atoms with Gasteiger partial charge in [0.05, 0.1) is 57.4 Å². The van der Waals surface area contributed by atoms with Crippen LogP contribution >= 0.6 is 23.2 Å². The summed E-state index contributed by atoms with van der Waals surface area (Å²) in [6.45, 7) is 2.71. The fourth-order valence-corrected chi connectivity index (χ4v) is 5.51. The lowest BCUT2D eigenvalue weighted by Gasteiger charge is -2.36. The van der Waals surface area contributed by atoms with Crippen LogP contribution in [-0.2, 0) is 15.7 Å². The van der Waals surface area contributed by atoms with Gasteiger partial charge in [0, 0.05) is 18.9 Å². The van der Waals surface area contributed by atoms with Gasteiger partial charge in [-0.3, -0.25) is 24.0 Å². The number of carbonyl (C=O) groups excluding carboxylic acids is 3. The molecule has 2 aromatic rings. The van der Waals surface area contributed by atoms with Crippen LogP contribution in [0.5, 0.6) is 0 Å². The maximum atomic E-state index is 14.5. The molecule has 238 valence electrons. The third kappa shape index (κ3) is 7.44. The van der Waals surface area contributed by atoms with Crippen LogP contribution in [0, 0.1) is 10.8 Å². The lowest BCUT2D eigenvalue weighted by atomic mass is 9.74. The number of carbonyl (C=O) groups is 3. The van der Waals surface area contributed by atoms with E-state index in [2.05, 4.69) is 10.1 Å². The molecule has 0 aliphatic heterocycles. The van der Waals surface area contributed by atoms with Crippen LogP contribution in [0.2, 0.25) is 10.0 Å². The summed E-state index contributed by atoms with van der Waals surface area (Å²) in [5, 5.41) is 3.32. The van der Waals surface area contributed by atoms with E-state index in [0.717, 1.165) is 26.2 Å². The molecule has 0 aromatic carbocycles. The molecule has 0 unspecified atom stereocenters. The maximum absolute atomic E-state index is 14.5. The third-order valence-corrected chi connectivity index (χ3v) is 8.15. The number of amides is 1. The Morgan fingerprint density at radius 1 is 1.05 bits per heavy atom. The minimum absolute atomic E-state index is 0.0933. The van der Waals surface area contributed by atoms with Crippen molar-refractivity contribution in [2.45, 2.75) is 71.8 Å². The highest BCUT2D eigenvalue weighted by Crippen LogP contribution is 2.44. The fourth-order valence-electron chi connectivity index (χ4n) is 4.94. The van der Waals surface area contributed by atoms with Crippen molar-refractivity contribution in [3.05, 3.63) is 45.5 Å². The van der Waals surface area contributed by atoms with Crippen LogP contribution in [-0.4, -0.2) is 63.2 Å². The predicted octanol–water partition coefficient (Wildman–Crippen LogP) is 7.20. The van der Waals surface area contributed by atoms with Gasteiger partial charge in [-0.2, -0.15) is 31.4 Å². The van der Waals surface area contributed by atoms with Gasteiger partial charge in [0.15, 0.2) is 11.5 Å². The summed E-state index contributed by atoms with van der Waals surface area (Å²) in [5.74, 6) is -2.96. The summed E-state index contributed by atoms with van der Waals surface area (Å²) in [7, 11) is 0. The molecule has 0 atom stereocenters. The number of ketones is 1. The normalized spacial score (nSPS) is 19.7. The first-order valence-corrected chi connectivity index (χ1v) is 14.0. The zero-order chi connectivity index (χ0) is 32.5. The largest absolute Gasteiger partial charge is 0.466 e. The molecule has 1 amide bonds. The molecular weight excluding hydrogens is 629 g/mol. The monoisotopic (exact) mass is 658 g/mol. The van der Waals surface area contributed by atoms with E-state index in [1.54, 1.807) is 13.8 Å². The van der Waals surface area contributed by atoms with Crippen molar-refractivity contribution in [1.82, 2.24) is 19.7 Å². The number of Topliss-reactive ketones (excluding diaryl/α,β-unsaturated/α-hetero) is 1. The van der Waals surface area contributed by atoms with Gasteiger partial charge in [-0.15, -0.1) is 0 Å². The predicted molar refractivity (Wildman–Crippen MR) is 144 cm³/mol. The van der Waals surface area contributed by atoms with E-state index in [4.69, 9.17) is 27.9 Å². The van der Waals surface area contributed by atoms with Gasteiger partial charge in [0.1, 0.15) is 0 Å². The van der Waals surface area contributed by atoms with Crippen molar-refractivity contribution >= 4 is 40.9 Å². The Bertz CT molecular complexity index is 1350. The standard InChI is InChI=1S/C27H30Cl2F6N4O4/c1-5-43-23(42)25(4)8-6-15(7-9-25)39-21(26(30,31)32)16(10-37-39)22(41)38(14-24(2,3)27(33,34)35)13-19(40)20-17(28)11-36-12-18(20)29/h10-12,15H,5-9,13-14H2,1-4H3/t15-,25-. The molecule has 0 spiro atoms. The van der Waals surface area contributed by atoms with Crippen LogP contribution in [0.15, 0.2) is 18.6 Å². The summed E-state index contributed by atoms with van der Waals surface area (Å²) >= 11 is 12.0. The van der Waals surface area contributed by atoms with Crippen LogP contribution in [0.1, 0.15) is 85.8 Å². The first-order valence-electron chi connectivity index (χ1n) is 13.2. The highest BCUT2D eigenvalue weighted by Gasteiger charge is 2.50. The Hall–Kier alpha value is -2.87. The molecule has 3 rings (SSSR count). The molecule has 16 heteroatoms. The summed E-state index contributed by atoms with van der Waals surface area (Å²) in [4.78, 5) is 43.2. The van der Waals surface area contributed by atoms with E-state index >= 15 is 0 Å². The van der Waals surface area contributed by atoms with E-state index < -0.39 is 71.2 Å². The highest BCUT2D eigenvalue weighted by molar-refractivity contribution is 6.39. The molecule has 1 fully saturated rings. The lowest BCUT2D eigenvalue weighted by molar-refractivity contribution is -0.214. The number of halogens is 8. The van der Waals surface area contributed by atoms with Crippen molar-refractivity contribution in [1.29, 1.82) is 0 Å². The number of hydrogen-bond donors (Lipinski definition) is 0. The van der Waals surface area contributed by atoms with Crippen molar-refractivity contribution < 1.29 is 45.5 Å². The molecular formula is C27H30Cl2F6N4O4. The van der Waals surface area contributed by atoms with Crippen LogP contribution in [0.25, 0.3) is 0 Å². The summed E-state index contributed by atoms with van der Waals surface area (Å²) in [6, 6.07) is -0.864. The van der Waals surface area contributed by atoms with E-state index in [9.17, 15) is 40.7 Å². The average Bonchev–Trinajstić information content (AvgIpc) is 3.33. The molecule has 8 nitrogen and oxygen atoms in total. The fraction of sp³-hybridized carbons (Fsp3) is 0.593. The molecule has 43 heavy (non-hydrogen) atoms. The van der Waals surface area contributed by atoms with Gasteiger partial charge in [-0.1, -0.05) is 23.2 Å². The van der Waals surface area contributed by atoms with Gasteiger partial charge >= 0.3 is 18.3 Å².